The highest BCUT2D eigenvalue weighted by atomic mass is 16.5. The first-order valence-electron chi connectivity index (χ1n) is 8.45. The quantitative estimate of drug-likeness (QED) is 0.611. The molecule has 27 heavy (non-hydrogen) atoms. The minimum absolute atomic E-state index is 0.0296. The maximum Gasteiger partial charge on any atom is 0.320 e. The number of anilines is 1. The third kappa shape index (κ3) is 4.81. The molecule has 8 heteroatoms. The standard InChI is InChI=1S/C19H20N4O4/c1-19(2,8-7-17(24)25)22-18(26)21-16-11-15(27-23-16)13-5-6-14-12(10-13)4-3-9-20-14/h3-6,9-11H,7-8H2,1-2H3,(H,24,25)(H2,21,22,23,26). The summed E-state index contributed by atoms with van der Waals surface area (Å²) in [6, 6.07) is 10.6. The van der Waals surface area contributed by atoms with Crippen molar-refractivity contribution >= 4 is 28.7 Å². The minimum Gasteiger partial charge on any atom is -0.481 e. The first-order valence-corrected chi connectivity index (χ1v) is 8.45. The van der Waals surface area contributed by atoms with Gasteiger partial charge in [-0.3, -0.25) is 15.1 Å². The summed E-state index contributed by atoms with van der Waals surface area (Å²) in [5.41, 5.74) is 1.03. The van der Waals surface area contributed by atoms with Crippen molar-refractivity contribution in [2.24, 2.45) is 0 Å². The van der Waals surface area contributed by atoms with Gasteiger partial charge in [0.1, 0.15) is 0 Å². The van der Waals surface area contributed by atoms with E-state index in [9.17, 15) is 9.59 Å². The lowest BCUT2D eigenvalue weighted by molar-refractivity contribution is -0.137. The Bertz CT molecular complexity index is 981. The first kappa shape index (κ1) is 18.4. The monoisotopic (exact) mass is 368 g/mol. The minimum atomic E-state index is -0.906. The number of pyridine rings is 1. The number of aliphatic carboxylic acids is 1. The van der Waals surface area contributed by atoms with Crippen LogP contribution in [-0.4, -0.2) is 32.8 Å². The van der Waals surface area contributed by atoms with E-state index in [1.807, 2.05) is 30.3 Å². The van der Waals surface area contributed by atoms with E-state index in [1.165, 1.54) is 0 Å². The summed E-state index contributed by atoms with van der Waals surface area (Å²) in [5, 5.41) is 18.9. The summed E-state index contributed by atoms with van der Waals surface area (Å²) in [5.74, 6) is -0.124. The molecule has 3 rings (SSSR count). The molecular weight excluding hydrogens is 348 g/mol. The Kier molecular flexibility index (Phi) is 5.07. The van der Waals surface area contributed by atoms with Crippen molar-refractivity contribution in [3.8, 4) is 11.3 Å². The molecule has 0 aliphatic carbocycles. The number of aromatic nitrogens is 2. The fourth-order valence-electron chi connectivity index (χ4n) is 2.64. The maximum absolute atomic E-state index is 12.1. The van der Waals surface area contributed by atoms with Gasteiger partial charge in [0.25, 0.3) is 0 Å². The third-order valence-corrected chi connectivity index (χ3v) is 4.06. The van der Waals surface area contributed by atoms with E-state index in [4.69, 9.17) is 9.63 Å². The summed E-state index contributed by atoms with van der Waals surface area (Å²) < 4.78 is 5.32. The number of amides is 2. The number of urea groups is 1. The van der Waals surface area contributed by atoms with Gasteiger partial charge in [0.05, 0.1) is 5.52 Å². The van der Waals surface area contributed by atoms with E-state index in [0.717, 1.165) is 16.5 Å². The second-order valence-corrected chi connectivity index (χ2v) is 6.84. The van der Waals surface area contributed by atoms with Crippen LogP contribution in [0.15, 0.2) is 47.1 Å². The van der Waals surface area contributed by atoms with Crippen LogP contribution in [0.5, 0.6) is 0 Å². The van der Waals surface area contributed by atoms with Crippen molar-refractivity contribution in [1.29, 1.82) is 0 Å². The fraction of sp³-hybridized carbons (Fsp3) is 0.263. The predicted octanol–water partition coefficient (Wildman–Crippen LogP) is 3.65. The van der Waals surface area contributed by atoms with Crippen LogP contribution in [0.4, 0.5) is 10.6 Å². The van der Waals surface area contributed by atoms with Crippen LogP contribution in [0.2, 0.25) is 0 Å². The molecule has 0 saturated heterocycles. The van der Waals surface area contributed by atoms with Crippen molar-refractivity contribution in [3.05, 3.63) is 42.6 Å². The lowest BCUT2D eigenvalue weighted by Crippen LogP contribution is -2.45. The Balaban J connectivity index is 1.66. The van der Waals surface area contributed by atoms with Crippen LogP contribution in [0, 0.1) is 0 Å². The molecule has 3 N–H and O–H groups in total. The number of benzene rings is 1. The van der Waals surface area contributed by atoms with Gasteiger partial charge in [-0.25, -0.2) is 4.79 Å². The van der Waals surface area contributed by atoms with E-state index in [0.29, 0.717) is 12.2 Å². The number of carboxylic acids is 1. The van der Waals surface area contributed by atoms with Crippen molar-refractivity contribution in [3.63, 3.8) is 0 Å². The van der Waals surface area contributed by atoms with Gasteiger partial charge in [-0.1, -0.05) is 11.2 Å². The molecule has 0 spiro atoms. The van der Waals surface area contributed by atoms with Crippen molar-refractivity contribution in [2.45, 2.75) is 32.2 Å². The Hall–Kier alpha value is -3.42. The highest BCUT2D eigenvalue weighted by Crippen LogP contribution is 2.25. The van der Waals surface area contributed by atoms with Gasteiger partial charge in [0, 0.05) is 35.2 Å². The number of carbonyl (C=O) groups excluding carboxylic acids is 1. The summed E-state index contributed by atoms with van der Waals surface area (Å²) in [7, 11) is 0. The second-order valence-electron chi connectivity index (χ2n) is 6.84. The third-order valence-electron chi connectivity index (χ3n) is 4.06. The van der Waals surface area contributed by atoms with Crippen LogP contribution < -0.4 is 10.6 Å². The van der Waals surface area contributed by atoms with E-state index >= 15 is 0 Å². The summed E-state index contributed by atoms with van der Waals surface area (Å²) in [6.45, 7) is 3.51. The highest BCUT2D eigenvalue weighted by Gasteiger charge is 2.22. The zero-order chi connectivity index (χ0) is 19.4. The number of carboxylic acid groups (broad SMARTS) is 1. The molecule has 2 heterocycles. The van der Waals surface area contributed by atoms with Crippen molar-refractivity contribution < 1.29 is 19.2 Å². The maximum atomic E-state index is 12.1. The number of rotatable bonds is 6. The zero-order valence-corrected chi connectivity index (χ0v) is 15.0. The molecule has 0 bridgehead atoms. The molecule has 0 aliphatic heterocycles. The molecule has 0 fully saturated rings. The lowest BCUT2D eigenvalue weighted by atomic mass is 9.99. The molecule has 0 saturated carbocycles. The van der Waals surface area contributed by atoms with Crippen molar-refractivity contribution in [2.75, 3.05) is 5.32 Å². The molecule has 2 aromatic heterocycles. The Labute approximate surface area is 155 Å². The van der Waals surface area contributed by atoms with Crippen LogP contribution >= 0.6 is 0 Å². The number of nitrogens with zero attached hydrogens (tertiary/aromatic N) is 2. The molecule has 8 nitrogen and oxygen atoms in total. The SMILES string of the molecule is CC(C)(CCC(=O)O)NC(=O)Nc1cc(-c2ccc3ncccc3c2)on1. The van der Waals surface area contributed by atoms with Crippen LogP contribution in [-0.2, 0) is 4.79 Å². The molecule has 3 aromatic rings. The highest BCUT2D eigenvalue weighted by molar-refractivity contribution is 5.89. The number of fused-ring (bicyclic) bond motifs is 1. The molecule has 0 atom stereocenters. The van der Waals surface area contributed by atoms with Gasteiger partial charge in [0.2, 0.25) is 0 Å². The second kappa shape index (κ2) is 7.45. The fourth-order valence-corrected chi connectivity index (χ4v) is 2.64. The smallest absolute Gasteiger partial charge is 0.320 e. The van der Waals surface area contributed by atoms with Crippen LogP contribution in [0.1, 0.15) is 26.7 Å². The number of hydrogen-bond donors (Lipinski definition) is 3. The summed E-state index contributed by atoms with van der Waals surface area (Å²) in [4.78, 5) is 27.1. The number of hydrogen-bond acceptors (Lipinski definition) is 5. The largest absolute Gasteiger partial charge is 0.481 e. The van der Waals surface area contributed by atoms with Gasteiger partial charge in [-0.15, -0.1) is 0 Å². The van der Waals surface area contributed by atoms with Crippen LogP contribution in [0.25, 0.3) is 22.2 Å². The van der Waals surface area contributed by atoms with Gasteiger partial charge in [-0.05, 0) is 44.5 Å². The molecule has 0 radical (unpaired) electrons. The predicted molar refractivity (Wildman–Crippen MR) is 100 cm³/mol. The number of carbonyl (C=O) groups is 2. The van der Waals surface area contributed by atoms with Gasteiger partial charge in [0.15, 0.2) is 11.6 Å². The van der Waals surface area contributed by atoms with Gasteiger partial charge >= 0.3 is 12.0 Å². The van der Waals surface area contributed by atoms with Crippen molar-refractivity contribution in [1.82, 2.24) is 15.5 Å². The van der Waals surface area contributed by atoms with E-state index in [2.05, 4.69) is 20.8 Å². The normalized spacial score (nSPS) is 11.3. The Morgan fingerprint density at radius 1 is 1.22 bits per heavy atom. The van der Waals surface area contributed by atoms with Gasteiger partial charge < -0.3 is 14.9 Å². The van der Waals surface area contributed by atoms with Crippen LogP contribution in [0.3, 0.4) is 0 Å². The average Bonchev–Trinajstić information content (AvgIpc) is 3.07. The average molecular weight is 368 g/mol. The summed E-state index contributed by atoms with van der Waals surface area (Å²) in [6.07, 6.45) is 2.01. The Morgan fingerprint density at radius 2 is 2.04 bits per heavy atom. The molecule has 0 unspecified atom stereocenters. The zero-order valence-electron chi connectivity index (χ0n) is 15.0. The lowest BCUT2D eigenvalue weighted by Gasteiger charge is -2.25. The topological polar surface area (TPSA) is 117 Å². The molecule has 2 amide bonds. The molecule has 0 aliphatic rings. The van der Waals surface area contributed by atoms with E-state index in [-0.39, 0.29) is 12.2 Å². The first-order chi connectivity index (χ1) is 12.8. The molecule has 1 aromatic carbocycles. The Morgan fingerprint density at radius 3 is 2.81 bits per heavy atom. The van der Waals surface area contributed by atoms with E-state index in [1.54, 1.807) is 26.1 Å². The number of nitrogens with one attached hydrogen (secondary N) is 2. The van der Waals surface area contributed by atoms with Gasteiger partial charge in [-0.2, -0.15) is 0 Å². The molecule has 140 valence electrons. The molecular formula is C19H20N4O4. The van der Waals surface area contributed by atoms with E-state index < -0.39 is 17.5 Å². The summed E-state index contributed by atoms with van der Waals surface area (Å²) >= 11 is 0.